The molecule has 0 bridgehead atoms. The number of esters is 1. The first kappa shape index (κ1) is 28.0. The fourth-order valence-corrected chi connectivity index (χ4v) is 7.07. The van der Waals surface area contributed by atoms with Gasteiger partial charge in [0, 0.05) is 15.8 Å². The van der Waals surface area contributed by atoms with Crippen LogP contribution in [-0.2, 0) is 24.0 Å². The quantitative estimate of drug-likeness (QED) is 0.222. The lowest BCUT2D eigenvalue weighted by Crippen LogP contribution is -2.28. The molecule has 0 spiro atoms. The molecule has 0 saturated heterocycles. The van der Waals surface area contributed by atoms with E-state index in [1.165, 1.54) is 28.9 Å². The molecule has 0 unspecified atom stereocenters. The number of anilines is 1. The van der Waals surface area contributed by atoms with Crippen molar-refractivity contribution in [1.29, 1.82) is 0 Å². The lowest BCUT2D eigenvalue weighted by molar-refractivity contribution is 0.0600. The molecule has 6 heteroatoms. The maximum atomic E-state index is 13.9. The molecule has 1 amide bonds. The molecule has 0 aliphatic heterocycles. The van der Waals surface area contributed by atoms with E-state index in [0.717, 1.165) is 66.2 Å². The van der Waals surface area contributed by atoms with Gasteiger partial charge in [0.15, 0.2) is 0 Å². The summed E-state index contributed by atoms with van der Waals surface area (Å²) in [5.41, 5.74) is 6.04. The second-order valence-corrected chi connectivity index (χ2v) is 12.6. The van der Waals surface area contributed by atoms with E-state index in [-0.39, 0.29) is 11.3 Å². The van der Waals surface area contributed by atoms with Crippen molar-refractivity contribution in [3.63, 3.8) is 0 Å². The summed E-state index contributed by atoms with van der Waals surface area (Å²) in [6.07, 6.45) is 5.98. The third kappa shape index (κ3) is 5.42. The SMILES string of the molecule is CCCc1ccc(-c2cc(C(=O)Nc3sc4c(c3C(=O)OC)CC[C@@H](C(C)(C)CC)C4)c3ccccc3n2)cc1. The van der Waals surface area contributed by atoms with Gasteiger partial charge in [-0.3, -0.25) is 4.79 Å². The molecular formula is C34H38N2O3S. The summed E-state index contributed by atoms with van der Waals surface area (Å²) in [6.45, 7) is 9.05. The van der Waals surface area contributed by atoms with Crippen LogP contribution in [0.1, 0.15) is 83.7 Å². The van der Waals surface area contributed by atoms with Gasteiger partial charge < -0.3 is 10.1 Å². The highest BCUT2D eigenvalue weighted by Gasteiger charge is 2.35. The number of rotatable bonds is 8. The number of hydrogen-bond donors (Lipinski definition) is 1. The number of amides is 1. The Morgan fingerprint density at radius 3 is 2.55 bits per heavy atom. The summed E-state index contributed by atoms with van der Waals surface area (Å²) < 4.78 is 5.18. The number of aryl methyl sites for hydroxylation is 1. The number of methoxy groups -OCH3 is 1. The Morgan fingerprint density at radius 2 is 1.85 bits per heavy atom. The monoisotopic (exact) mass is 554 g/mol. The van der Waals surface area contributed by atoms with Gasteiger partial charge in [0.05, 0.1) is 29.4 Å². The Balaban J connectivity index is 1.52. The molecule has 2 aromatic carbocycles. The average Bonchev–Trinajstić information content (AvgIpc) is 3.33. The third-order valence-corrected chi connectivity index (χ3v) is 9.82. The highest BCUT2D eigenvalue weighted by molar-refractivity contribution is 7.17. The maximum Gasteiger partial charge on any atom is 0.341 e. The third-order valence-electron chi connectivity index (χ3n) is 8.65. The number of pyridine rings is 1. The summed E-state index contributed by atoms with van der Waals surface area (Å²) in [5.74, 6) is -0.113. The number of nitrogens with zero attached hydrogens (tertiary/aromatic N) is 1. The number of thiophene rings is 1. The zero-order valence-electron chi connectivity index (χ0n) is 24.1. The van der Waals surface area contributed by atoms with Gasteiger partial charge in [0.2, 0.25) is 0 Å². The van der Waals surface area contributed by atoms with Crippen LogP contribution in [0.4, 0.5) is 5.00 Å². The van der Waals surface area contributed by atoms with Crippen molar-refractivity contribution in [1.82, 2.24) is 4.98 Å². The first-order valence-corrected chi connectivity index (χ1v) is 15.1. The van der Waals surface area contributed by atoms with Crippen molar-refractivity contribution in [2.45, 2.75) is 66.2 Å². The number of carbonyl (C=O) groups is 2. The van der Waals surface area contributed by atoms with Crippen LogP contribution in [0.5, 0.6) is 0 Å². The van der Waals surface area contributed by atoms with Gasteiger partial charge >= 0.3 is 5.97 Å². The Morgan fingerprint density at radius 1 is 1.10 bits per heavy atom. The van der Waals surface area contributed by atoms with Gasteiger partial charge in [-0.2, -0.15) is 0 Å². The van der Waals surface area contributed by atoms with Crippen LogP contribution < -0.4 is 5.32 Å². The number of carbonyl (C=O) groups excluding carboxylic acids is 2. The zero-order valence-corrected chi connectivity index (χ0v) is 24.9. The number of para-hydroxylation sites is 1. The van der Waals surface area contributed by atoms with Gasteiger partial charge in [0.1, 0.15) is 5.00 Å². The van der Waals surface area contributed by atoms with E-state index < -0.39 is 5.97 Å². The van der Waals surface area contributed by atoms with Crippen molar-refractivity contribution in [3.05, 3.63) is 81.7 Å². The minimum Gasteiger partial charge on any atom is -0.465 e. The number of aromatic nitrogens is 1. The van der Waals surface area contributed by atoms with Gasteiger partial charge in [-0.05, 0) is 60.3 Å². The predicted octanol–water partition coefficient (Wildman–Crippen LogP) is 8.50. The largest absolute Gasteiger partial charge is 0.465 e. The summed E-state index contributed by atoms with van der Waals surface area (Å²) in [6, 6.07) is 18.0. The maximum absolute atomic E-state index is 13.9. The van der Waals surface area contributed by atoms with E-state index in [0.29, 0.717) is 22.0 Å². The Kier molecular flexibility index (Phi) is 8.09. The zero-order chi connectivity index (χ0) is 28.4. The van der Waals surface area contributed by atoms with Crippen LogP contribution in [0.3, 0.4) is 0 Å². The number of hydrogen-bond acceptors (Lipinski definition) is 5. The van der Waals surface area contributed by atoms with E-state index >= 15 is 0 Å². The highest BCUT2D eigenvalue weighted by atomic mass is 32.1. The molecular weight excluding hydrogens is 516 g/mol. The number of fused-ring (bicyclic) bond motifs is 2. The molecule has 208 valence electrons. The smallest absolute Gasteiger partial charge is 0.341 e. The summed E-state index contributed by atoms with van der Waals surface area (Å²) in [5, 5.41) is 4.46. The van der Waals surface area contributed by atoms with Crippen LogP contribution in [0.25, 0.3) is 22.2 Å². The minimum absolute atomic E-state index is 0.220. The van der Waals surface area contributed by atoms with Crippen molar-refractivity contribution in [3.8, 4) is 11.3 Å². The molecule has 40 heavy (non-hydrogen) atoms. The molecule has 1 N–H and O–H groups in total. The van der Waals surface area contributed by atoms with E-state index in [1.54, 1.807) is 0 Å². The van der Waals surface area contributed by atoms with Crippen molar-refractivity contribution in [2.24, 2.45) is 11.3 Å². The van der Waals surface area contributed by atoms with Crippen molar-refractivity contribution >= 4 is 39.1 Å². The van der Waals surface area contributed by atoms with Crippen LogP contribution in [-0.4, -0.2) is 24.0 Å². The first-order valence-electron chi connectivity index (χ1n) is 14.3. The summed E-state index contributed by atoms with van der Waals surface area (Å²) in [7, 11) is 1.40. The lowest BCUT2D eigenvalue weighted by Gasteiger charge is -2.36. The molecule has 1 aliphatic carbocycles. The molecule has 4 aromatic rings. The predicted molar refractivity (Wildman–Crippen MR) is 164 cm³/mol. The lowest BCUT2D eigenvalue weighted by atomic mass is 9.69. The fraction of sp³-hybridized carbons (Fsp3) is 0.382. The topological polar surface area (TPSA) is 68.3 Å². The number of nitrogens with one attached hydrogen (secondary N) is 1. The molecule has 2 heterocycles. The second-order valence-electron chi connectivity index (χ2n) is 11.5. The van der Waals surface area contributed by atoms with Gasteiger partial charge in [-0.15, -0.1) is 11.3 Å². The number of ether oxygens (including phenoxy) is 1. The number of benzene rings is 2. The van der Waals surface area contributed by atoms with E-state index in [2.05, 4.69) is 57.3 Å². The summed E-state index contributed by atoms with van der Waals surface area (Å²) >= 11 is 1.52. The van der Waals surface area contributed by atoms with Crippen molar-refractivity contribution in [2.75, 3.05) is 12.4 Å². The molecule has 1 aliphatic rings. The van der Waals surface area contributed by atoms with Gasteiger partial charge in [-0.25, -0.2) is 9.78 Å². The van der Waals surface area contributed by atoms with Gasteiger partial charge in [0.25, 0.3) is 5.91 Å². The summed E-state index contributed by atoms with van der Waals surface area (Å²) in [4.78, 5) is 32.9. The molecule has 0 fully saturated rings. The molecule has 2 aromatic heterocycles. The molecule has 5 rings (SSSR count). The van der Waals surface area contributed by atoms with E-state index in [9.17, 15) is 9.59 Å². The molecule has 5 nitrogen and oxygen atoms in total. The standard InChI is InChI=1S/C34H38N2O3S/c1-6-10-21-13-15-22(16-14-21)28-20-26(24-11-8-9-12-27(24)35-28)31(37)36-32-30(33(38)39-5)25-18-17-23(19-29(25)40-32)34(3,4)7-2/h8-9,11-16,20,23H,6-7,10,17-19H2,1-5H3,(H,36,37)/t23-/m1/s1. The van der Waals surface area contributed by atoms with E-state index in [1.807, 2.05) is 30.3 Å². The average molecular weight is 555 g/mol. The molecule has 0 radical (unpaired) electrons. The van der Waals surface area contributed by atoms with E-state index in [4.69, 9.17) is 9.72 Å². The molecule has 0 saturated carbocycles. The first-order chi connectivity index (χ1) is 19.2. The van der Waals surface area contributed by atoms with Crippen LogP contribution in [0, 0.1) is 11.3 Å². The highest BCUT2D eigenvalue weighted by Crippen LogP contribution is 2.46. The second kappa shape index (κ2) is 11.5. The Labute approximate surface area is 241 Å². The Bertz CT molecular complexity index is 1550. The normalized spacial score (nSPS) is 15.1. The Hall–Kier alpha value is -3.51. The minimum atomic E-state index is -0.395. The van der Waals surface area contributed by atoms with Crippen LogP contribution >= 0.6 is 11.3 Å². The van der Waals surface area contributed by atoms with Gasteiger partial charge in [-0.1, -0.05) is 83.0 Å². The molecule has 1 atom stereocenters. The van der Waals surface area contributed by atoms with Crippen molar-refractivity contribution < 1.29 is 14.3 Å². The van der Waals surface area contributed by atoms with Crippen LogP contribution in [0.2, 0.25) is 0 Å². The fourth-order valence-electron chi connectivity index (χ4n) is 5.76. The van der Waals surface area contributed by atoms with Crippen LogP contribution in [0.15, 0.2) is 54.6 Å².